The van der Waals surface area contributed by atoms with Gasteiger partial charge >= 0.3 is 0 Å². The summed E-state index contributed by atoms with van der Waals surface area (Å²) in [6.07, 6.45) is 4.58. The zero-order chi connectivity index (χ0) is 10.7. The van der Waals surface area contributed by atoms with Crippen molar-refractivity contribution in [1.82, 2.24) is 9.97 Å². The standard InChI is InChI=1S/C12H11BrN2/c1-9-3-2-4-10(5-9)6-11-7-14-12(13)15-8-11/h2-5,7-8H,6H2,1H3. The number of hydrogen-bond donors (Lipinski definition) is 0. The third kappa shape index (κ3) is 2.86. The molecule has 15 heavy (non-hydrogen) atoms. The van der Waals surface area contributed by atoms with E-state index in [1.807, 2.05) is 12.4 Å². The summed E-state index contributed by atoms with van der Waals surface area (Å²) in [6.45, 7) is 2.10. The number of rotatable bonds is 2. The van der Waals surface area contributed by atoms with E-state index in [2.05, 4.69) is 57.1 Å². The highest BCUT2D eigenvalue weighted by Crippen LogP contribution is 2.10. The zero-order valence-electron chi connectivity index (χ0n) is 8.44. The number of aromatic nitrogens is 2. The van der Waals surface area contributed by atoms with E-state index in [0.717, 1.165) is 12.0 Å². The highest BCUT2D eigenvalue weighted by Gasteiger charge is 1.98. The van der Waals surface area contributed by atoms with Crippen molar-refractivity contribution in [3.05, 3.63) is 58.1 Å². The normalized spacial score (nSPS) is 10.3. The predicted octanol–water partition coefficient (Wildman–Crippen LogP) is 3.14. The molecule has 1 heterocycles. The molecule has 0 N–H and O–H groups in total. The molecule has 1 aromatic carbocycles. The van der Waals surface area contributed by atoms with Crippen molar-refractivity contribution in [1.29, 1.82) is 0 Å². The SMILES string of the molecule is Cc1cccc(Cc2cnc(Br)nc2)c1. The number of halogens is 1. The molecule has 0 saturated heterocycles. The van der Waals surface area contributed by atoms with Gasteiger partial charge in [0.2, 0.25) is 0 Å². The lowest BCUT2D eigenvalue weighted by Gasteiger charge is -2.02. The molecule has 76 valence electrons. The van der Waals surface area contributed by atoms with E-state index in [0.29, 0.717) is 4.73 Å². The largest absolute Gasteiger partial charge is 0.230 e. The molecule has 2 rings (SSSR count). The fraction of sp³-hybridized carbons (Fsp3) is 0.167. The summed E-state index contributed by atoms with van der Waals surface area (Å²) in [5.74, 6) is 0. The van der Waals surface area contributed by atoms with Crippen LogP contribution in [0.2, 0.25) is 0 Å². The molecule has 0 atom stereocenters. The molecule has 0 spiro atoms. The first-order valence-corrected chi connectivity index (χ1v) is 5.55. The van der Waals surface area contributed by atoms with Crippen LogP contribution in [-0.4, -0.2) is 9.97 Å². The second-order valence-corrected chi connectivity index (χ2v) is 4.24. The Balaban J connectivity index is 2.18. The minimum absolute atomic E-state index is 0.635. The van der Waals surface area contributed by atoms with Crippen LogP contribution in [-0.2, 0) is 6.42 Å². The van der Waals surface area contributed by atoms with Gasteiger partial charge in [0.25, 0.3) is 0 Å². The third-order valence-corrected chi connectivity index (χ3v) is 2.57. The van der Waals surface area contributed by atoms with Crippen molar-refractivity contribution in [2.45, 2.75) is 13.3 Å². The van der Waals surface area contributed by atoms with E-state index in [4.69, 9.17) is 0 Å². The maximum absolute atomic E-state index is 4.10. The molecule has 0 fully saturated rings. The summed E-state index contributed by atoms with van der Waals surface area (Å²) < 4.78 is 0.635. The average molecular weight is 263 g/mol. The van der Waals surface area contributed by atoms with Gasteiger partial charge in [-0.3, -0.25) is 0 Å². The smallest absolute Gasteiger partial charge is 0.196 e. The topological polar surface area (TPSA) is 25.8 Å². The monoisotopic (exact) mass is 262 g/mol. The summed E-state index contributed by atoms with van der Waals surface area (Å²) in [5, 5.41) is 0. The van der Waals surface area contributed by atoms with E-state index in [9.17, 15) is 0 Å². The molecule has 1 aromatic heterocycles. The van der Waals surface area contributed by atoms with E-state index in [1.54, 1.807) is 0 Å². The first-order valence-electron chi connectivity index (χ1n) is 4.76. The Morgan fingerprint density at radius 3 is 2.53 bits per heavy atom. The lowest BCUT2D eigenvalue weighted by atomic mass is 10.1. The fourth-order valence-corrected chi connectivity index (χ4v) is 1.69. The highest BCUT2D eigenvalue weighted by molar-refractivity contribution is 9.10. The van der Waals surface area contributed by atoms with Gasteiger partial charge in [-0.25, -0.2) is 9.97 Å². The number of hydrogen-bond acceptors (Lipinski definition) is 2. The maximum atomic E-state index is 4.10. The Bertz CT molecular complexity index is 451. The Hall–Kier alpha value is -1.22. The second-order valence-electron chi connectivity index (χ2n) is 3.53. The molecule has 2 aromatic rings. The molecular formula is C12H11BrN2. The van der Waals surface area contributed by atoms with Gasteiger partial charge in [-0.05, 0) is 34.0 Å². The van der Waals surface area contributed by atoms with Gasteiger partial charge in [0.05, 0.1) is 0 Å². The van der Waals surface area contributed by atoms with Crippen molar-refractivity contribution in [3.63, 3.8) is 0 Å². The molecular weight excluding hydrogens is 252 g/mol. The van der Waals surface area contributed by atoms with Crippen molar-refractivity contribution >= 4 is 15.9 Å². The first-order chi connectivity index (χ1) is 7.24. The Labute approximate surface area is 97.5 Å². The van der Waals surface area contributed by atoms with Crippen LogP contribution in [0.5, 0.6) is 0 Å². The van der Waals surface area contributed by atoms with Crippen LogP contribution in [0, 0.1) is 6.92 Å². The van der Waals surface area contributed by atoms with Crippen molar-refractivity contribution < 1.29 is 0 Å². The van der Waals surface area contributed by atoms with Gasteiger partial charge < -0.3 is 0 Å². The molecule has 0 unspecified atom stereocenters. The molecule has 2 nitrogen and oxygen atoms in total. The molecule has 0 bridgehead atoms. The molecule has 0 aliphatic rings. The lowest BCUT2D eigenvalue weighted by Crippen LogP contribution is -1.91. The van der Waals surface area contributed by atoms with Gasteiger partial charge in [-0.2, -0.15) is 0 Å². The van der Waals surface area contributed by atoms with Gasteiger partial charge in [0.15, 0.2) is 4.73 Å². The first kappa shape index (κ1) is 10.3. The van der Waals surface area contributed by atoms with Crippen LogP contribution in [0.15, 0.2) is 41.4 Å². The number of nitrogens with zero attached hydrogens (tertiary/aromatic N) is 2. The predicted molar refractivity (Wildman–Crippen MR) is 63.7 cm³/mol. The van der Waals surface area contributed by atoms with E-state index >= 15 is 0 Å². The Morgan fingerprint density at radius 2 is 1.87 bits per heavy atom. The molecule has 0 aliphatic carbocycles. The number of benzene rings is 1. The second kappa shape index (κ2) is 4.53. The van der Waals surface area contributed by atoms with Crippen LogP contribution in [0.3, 0.4) is 0 Å². The fourth-order valence-electron chi connectivity index (χ4n) is 1.49. The van der Waals surface area contributed by atoms with Gasteiger partial charge in [-0.15, -0.1) is 0 Å². The molecule has 3 heteroatoms. The van der Waals surface area contributed by atoms with Crippen molar-refractivity contribution in [2.24, 2.45) is 0 Å². The van der Waals surface area contributed by atoms with E-state index in [-0.39, 0.29) is 0 Å². The van der Waals surface area contributed by atoms with Crippen LogP contribution in [0.1, 0.15) is 16.7 Å². The van der Waals surface area contributed by atoms with Crippen molar-refractivity contribution in [2.75, 3.05) is 0 Å². The Morgan fingerprint density at radius 1 is 1.13 bits per heavy atom. The summed E-state index contributed by atoms with van der Waals surface area (Å²) in [5.41, 5.74) is 3.70. The number of aryl methyl sites for hydroxylation is 1. The zero-order valence-corrected chi connectivity index (χ0v) is 10.0. The summed E-state index contributed by atoms with van der Waals surface area (Å²) in [4.78, 5) is 8.21. The van der Waals surface area contributed by atoms with Crippen LogP contribution < -0.4 is 0 Å². The van der Waals surface area contributed by atoms with E-state index in [1.165, 1.54) is 11.1 Å². The summed E-state index contributed by atoms with van der Waals surface area (Å²) in [6, 6.07) is 8.48. The van der Waals surface area contributed by atoms with Crippen LogP contribution in [0.4, 0.5) is 0 Å². The molecule has 0 radical (unpaired) electrons. The van der Waals surface area contributed by atoms with Crippen molar-refractivity contribution in [3.8, 4) is 0 Å². The van der Waals surface area contributed by atoms with Gasteiger partial charge in [0.1, 0.15) is 0 Å². The summed E-state index contributed by atoms with van der Waals surface area (Å²) in [7, 11) is 0. The van der Waals surface area contributed by atoms with Crippen LogP contribution >= 0.6 is 15.9 Å². The summed E-state index contributed by atoms with van der Waals surface area (Å²) >= 11 is 3.22. The Kier molecular flexibility index (Phi) is 3.11. The minimum atomic E-state index is 0.635. The van der Waals surface area contributed by atoms with Gasteiger partial charge in [0, 0.05) is 18.8 Å². The van der Waals surface area contributed by atoms with Gasteiger partial charge in [-0.1, -0.05) is 29.8 Å². The molecule has 0 amide bonds. The maximum Gasteiger partial charge on any atom is 0.196 e. The minimum Gasteiger partial charge on any atom is -0.230 e. The average Bonchev–Trinajstić information content (AvgIpc) is 2.22. The quantitative estimate of drug-likeness (QED) is 0.778. The molecule has 0 aliphatic heterocycles. The molecule has 0 saturated carbocycles. The third-order valence-electron chi connectivity index (χ3n) is 2.16. The highest BCUT2D eigenvalue weighted by atomic mass is 79.9. The lowest BCUT2D eigenvalue weighted by molar-refractivity contribution is 1.04. The van der Waals surface area contributed by atoms with E-state index < -0.39 is 0 Å². The van der Waals surface area contributed by atoms with Crippen LogP contribution in [0.25, 0.3) is 0 Å².